The summed E-state index contributed by atoms with van der Waals surface area (Å²) in [7, 11) is 5.09. The molecule has 0 unspecified atom stereocenters. The molecule has 1 aliphatic rings. The van der Waals surface area contributed by atoms with Gasteiger partial charge in [-0.1, -0.05) is 6.07 Å². The molecule has 0 spiro atoms. The number of amides is 2. The van der Waals surface area contributed by atoms with Crippen molar-refractivity contribution >= 4 is 23.2 Å². The number of anilines is 1. The van der Waals surface area contributed by atoms with Crippen LogP contribution in [0.25, 0.3) is 0 Å². The van der Waals surface area contributed by atoms with Crippen molar-refractivity contribution in [2.45, 2.75) is 19.4 Å². The number of urea groups is 1. The van der Waals surface area contributed by atoms with E-state index < -0.39 is 0 Å². The van der Waals surface area contributed by atoms with Crippen molar-refractivity contribution in [1.82, 2.24) is 14.7 Å². The Hall–Kier alpha value is -3.00. The number of hydrogen-bond acceptors (Lipinski definition) is 5. The van der Waals surface area contributed by atoms with Gasteiger partial charge in [0.05, 0.1) is 26.0 Å². The normalized spacial score (nSPS) is 15.7. The van der Waals surface area contributed by atoms with Crippen LogP contribution >= 0.6 is 11.3 Å². The lowest BCUT2D eigenvalue weighted by atomic mass is 9.91. The first-order valence-electron chi connectivity index (χ1n) is 9.38. The van der Waals surface area contributed by atoms with Crippen molar-refractivity contribution in [3.05, 3.63) is 57.4 Å². The Morgan fingerprint density at radius 1 is 1.24 bits per heavy atom. The highest BCUT2D eigenvalue weighted by molar-refractivity contribution is 7.10. The maximum atomic E-state index is 13.2. The predicted molar refractivity (Wildman–Crippen MR) is 113 cm³/mol. The van der Waals surface area contributed by atoms with Gasteiger partial charge < -0.3 is 14.4 Å². The van der Waals surface area contributed by atoms with E-state index in [2.05, 4.69) is 16.5 Å². The predicted octanol–water partition coefficient (Wildman–Crippen LogP) is 3.99. The molecule has 7 nitrogen and oxygen atoms in total. The lowest BCUT2D eigenvalue weighted by Crippen LogP contribution is -2.43. The van der Waals surface area contributed by atoms with Crippen LogP contribution in [0, 0.1) is 6.92 Å². The molecule has 0 bridgehead atoms. The maximum Gasteiger partial charge on any atom is 0.323 e. The average Bonchev–Trinajstić information content (AvgIpc) is 3.35. The van der Waals surface area contributed by atoms with Crippen LogP contribution in [0.3, 0.4) is 0 Å². The van der Waals surface area contributed by atoms with Crippen molar-refractivity contribution in [1.29, 1.82) is 0 Å². The maximum absolute atomic E-state index is 13.2. The summed E-state index contributed by atoms with van der Waals surface area (Å²) in [6.07, 6.45) is 0.745. The number of aryl methyl sites for hydroxylation is 2. The number of carbonyl (C=O) groups excluding carboxylic acids is 1. The minimum Gasteiger partial charge on any atom is -0.493 e. The summed E-state index contributed by atoms with van der Waals surface area (Å²) in [5, 5.41) is 9.35. The van der Waals surface area contributed by atoms with Crippen LogP contribution in [0.2, 0.25) is 0 Å². The molecule has 1 aliphatic heterocycles. The Morgan fingerprint density at radius 2 is 2.00 bits per heavy atom. The molecule has 8 heteroatoms. The topological polar surface area (TPSA) is 68.6 Å². The molecule has 1 N–H and O–H groups in total. The van der Waals surface area contributed by atoms with E-state index >= 15 is 0 Å². The number of nitrogens with zero attached hydrogens (tertiary/aromatic N) is 3. The molecule has 2 amide bonds. The second-order valence-electron chi connectivity index (χ2n) is 6.99. The zero-order valence-corrected chi connectivity index (χ0v) is 17.7. The van der Waals surface area contributed by atoms with E-state index in [1.807, 2.05) is 48.5 Å². The zero-order chi connectivity index (χ0) is 20.5. The van der Waals surface area contributed by atoms with Crippen molar-refractivity contribution in [3.8, 4) is 11.5 Å². The zero-order valence-electron chi connectivity index (χ0n) is 16.9. The molecule has 3 aromatic rings. The highest BCUT2D eigenvalue weighted by Gasteiger charge is 2.34. The van der Waals surface area contributed by atoms with Crippen molar-refractivity contribution in [3.63, 3.8) is 0 Å². The van der Waals surface area contributed by atoms with E-state index in [-0.39, 0.29) is 12.1 Å². The fourth-order valence-electron chi connectivity index (χ4n) is 3.83. The molecule has 4 rings (SSSR count). The third-order valence-corrected chi connectivity index (χ3v) is 6.11. The molecule has 29 heavy (non-hydrogen) atoms. The Labute approximate surface area is 173 Å². The smallest absolute Gasteiger partial charge is 0.323 e. The molecule has 1 atom stereocenters. The lowest BCUT2D eigenvalue weighted by Gasteiger charge is -2.37. The second kappa shape index (κ2) is 7.79. The SMILES string of the molecule is COc1cc2c(cc1OC)[C@@H](c1cccs1)N(C(=O)Nc1cc(C)nn1C)CC2. The quantitative estimate of drug-likeness (QED) is 0.704. The Kier molecular flexibility index (Phi) is 5.19. The molecule has 0 saturated heterocycles. The van der Waals surface area contributed by atoms with Gasteiger partial charge in [-0.25, -0.2) is 4.79 Å². The molecule has 2 aromatic heterocycles. The van der Waals surface area contributed by atoms with Crippen molar-refractivity contribution in [2.75, 3.05) is 26.1 Å². The first-order chi connectivity index (χ1) is 14.0. The number of methoxy groups -OCH3 is 2. The molecule has 0 saturated carbocycles. The van der Waals surface area contributed by atoms with Crippen LogP contribution in [0.4, 0.5) is 10.6 Å². The van der Waals surface area contributed by atoms with Gasteiger partial charge in [0.2, 0.25) is 0 Å². The van der Waals surface area contributed by atoms with E-state index in [4.69, 9.17) is 9.47 Å². The van der Waals surface area contributed by atoms with Crippen LogP contribution < -0.4 is 14.8 Å². The van der Waals surface area contributed by atoms with Gasteiger partial charge in [0, 0.05) is 24.5 Å². The van der Waals surface area contributed by atoms with Gasteiger partial charge in [-0.3, -0.25) is 10.00 Å². The summed E-state index contributed by atoms with van der Waals surface area (Å²) in [4.78, 5) is 16.2. The van der Waals surface area contributed by atoms with Crippen LogP contribution in [-0.4, -0.2) is 41.5 Å². The molecular formula is C21H24N4O3S. The monoisotopic (exact) mass is 412 g/mol. The standard InChI is InChI=1S/C21H24N4O3S/c1-13-10-19(24(2)23-13)22-21(26)25-8-7-14-11-16(27-3)17(28-4)12-15(14)20(25)18-6-5-9-29-18/h5-6,9-12,20H,7-8H2,1-4H3,(H,22,26)/t20-/m0/s1. The van der Waals surface area contributed by atoms with Crippen molar-refractivity contribution < 1.29 is 14.3 Å². The van der Waals surface area contributed by atoms with E-state index in [0.29, 0.717) is 23.9 Å². The summed E-state index contributed by atoms with van der Waals surface area (Å²) >= 11 is 1.64. The molecule has 1 aromatic carbocycles. The third-order valence-electron chi connectivity index (χ3n) is 5.18. The number of rotatable bonds is 4. The van der Waals surface area contributed by atoms with Gasteiger partial charge in [0.1, 0.15) is 5.82 Å². The van der Waals surface area contributed by atoms with Crippen molar-refractivity contribution in [2.24, 2.45) is 7.05 Å². The van der Waals surface area contributed by atoms with E-state index in [1.54, 1.807) is 30.2 Å². The number of fused-ring (bicyclic) bond motifs is 1. The largest absolute Gasteiger partial charge is 0.493 e. The van der Waals surface area contributed by atoms with Gasteiger partial charge >= 0.3 is 6.03 Å². The molecule has 0 fully saturated rings. The first kappa shape index (κ1) is 19.3. The number of ether oxygens (including phenoxy) is 2. The number of thiophene rings is 1. The average molecular weight is 413 g/mol. The van der Waals surface area contributed by atoms with Crippen LogP contribution in [0.5, 0.6) is 11.5 Å². The Bertz CT molecular complexity index is 1030. The molecular weight excluding hydrogens is 388 g/mol. The van der Waals surface area contributed by atoms with Crippen LogP contribution in [0.15, 0.2) is 35.7 Å². The van der Waals surface area contributed by atoms with Gasteiger partial charge in [0.15, 0.2) is 11.5 Å². The molecule has 0 aliphatic carbocycles. The van der Waals surface area contributed by atoms with Crippen LogP contribution in [-0.2, 0) is 13.5 Å². The number of carbonyl (C=O) groups is 1. The van der Waals surface area contributed by atoms with Gasteiger partial charge in [-0.05, 0) is 48.1 Å². The van der Waals surface area contributed by atoms with Gasteiger partial charge in [-0.15, -0.1) is 11.3 Å². The molecule has 152 valence electrons. The number of hydrogen-bond donors (Lipinski definition) is 1. The molecule has 3 heterocycles. The first-order valence-corrected chi connectivity index (χ1v) is 10.3. The summed E-state index contributed by atoms with van der Waals surface area (Å²) in [6.45, 7) is 2.51. The highest BCUT2D eigenvalue weighted by atomic mass is 32.1. The fourth-order valence-corrected chi connectivity index (χ4v) is 4.68. The van der Waals surface area contributed by atoms with Crippen LogP contribution in [0.1, 0.15) is 27.7 Å². The van der Waals surface area contributed by atoms with Gasteiger partial charge in [0.25, 0.3) is 0 Å². The third kappa shape index (κ3) is 3.55. The number of aromatic nitrogens is 2. The minimum atomic E-state index is -0.187. The second-order valence-corrected chi connectivity index (χ2v) is 7.97. The van der Waals surface area contributed by atoms with E-state index in [9.17, 15) is 4.79 Å². The van der Waals surface area contributed by atoms with Gasteiger partial charge in [-0.2, -0.15) is 5.10 Å². The Morgan fingerprint density at radius 3 is 2.62 bits per heavy atom. The molecule has 0 radical (unpaired) electrons. The summed E-state index contributed by atoms with van der Waals surface area (Å²) in [6, 6.07) is 9.62. The Balaban J connectivity index is 1.73. The lowest BCUT2D eigenvalue weighted by molar-refractivity contribution is 0.194. The minimum absolute atomic E-state index is 0.146. The van der Waals surface area contributed by atoms with E-state index in [1.165, 1.54) is 5.56 Å². The summed E-state index contributed by atoms with van der Waals surface area (Å²) in [5.41, 5.74) is 3.09. The number of nitrogens with one attached hydrogen (secondary N) is 1. The number of benzene rings is 1. The van der Waals surface area contributed by atoms with E-state index in [0.717, 1.165) is 22.6 Å². The summed E-state index contributed by atoms with van der Waals surface area (Å²) < 4.78 is 12.7. The highest BCUT2D eigenvalue weighted by Crippen LogP contribution is 2.42. The summed E-state index contributed by atoms with van der Waals surface area (Å²) in [5.74, 6) is 2.05. The fraction of sp³-hybridized carbons (Fsp3) is 0.333.